The first kappa shape index (κ1) is 24.0. The quantitative estimate of drug-likeness (QED) is 0.539. The molecule has 1 aromatic carbocycles. The molecule has 0 unspecified atom stereocenters. The molecule has 0 aliphatic heterocycles. The Morgan fingerprint density at radius 1 is 1.23 bits per heavy atom. The highest BCUT2D eigenvalue weighted by molar-refractivity contribution is 7.95. The number of nitrogens with zero attached hydrogens (tertiary/aromatic N) is 3. The SMILES string of the molecule is CC(C)N(C)SNC(=O)c1cc(-n2c(=O)cc(C(F)(F)F)n(C)c2=O)c(F)cc1Cl. The molecule has 1 amide bonds. The number of nitrogens with one attached hydrogen (secondary N) is 1. The van der Waals surface area contributed by atoms with Crippen molar-refractivity contribution in [1.82, 2.24) is 18.2 Å². The second-order valence-electron chi connectivity index (χ2n) is 6.49. The van der Waals surface area contributed by atoms with Crippen LogP contribution < -0.4 is 16.0 Å². The lowest BCUT2D eigenvalue weighted by Gasteiger charge is -2.19. The maximum absolute atomic E-state index is 14.5. The summed E-state index contributed by atoms with van der Waals surface area (Å²) in [6.45, 7) is 3.74. The third kappa shape index (κ3) is 4.87. The smallest absolute Gasteiger partial charge is 0.292 e. The zero-order valence-corrected chi connectivity index (χ0v) is 17.7. The van der Waals surface area contributed by atoms with Crippen molar-refractivity contribution in [3.05, 3.63) is 61.1 Å². The molecule has 0 saturated carbocycles. The van der Waals surface area contributed by atoms with Crippen molar-refractivity contribution in [1.29, 1.82) is 0 Å². The Hall–Kier alpha value is -2.31. The molecule has 13 heteroatoms. The molecule has 1 heterocycles. The van der Waals surface area contributed by atoms with Gasteiger partial charge in [0.2, 0.25) is 0 Å². The predicted molar refractivity (Wildman–Crippen MR) is 105 cm³/mol. The van der Waals surface area contributed by atoms with E-state index in [9.17, 15) is 31.9 Å². The monoisotopic (exact) mass is 468 g/mol. The van der Waals surface area contributed by atoms with Gasteiger partial charge in [0.05, 0.1) is 16.3 Å². The molecule has 30 heavy (non-hydrogen) atoms. The van der Waals surface area contributed by atoms with Gasteiger partial charge in [0, 0.05) is 31.3 Å². The van der Waals surface area contributed by atoms with Crippen molar-refractivity contribution in [3.8, 4) is 5.69 Å². The topological polar surface area (TPSA) is 76.3 Å². The number of rotatable bonds is 5. The second kappa shape index (κ2) is 8.82. The van der Waals surface area contributed by atoms with Crippen LogP contribution in [0.15, 0.2) is 27.8 Å². The van der Waals surface area contributed by atoms with Crippen molar-refractivity contribution in [2.75, 3.05) is 7.05 Å². The van der Waals surface area contributed by atoms with E-state index in [1.807, 2.05) is 13.8 Å². The fourth-order valence-corrected chi connectivity index (χ4v) is 3.06. The van der Waals surface area contributed by atoms with E-state index in [-0.39, 0.29) is 31.8 Å². The summed E-state index contributed by atoms with van der Waals surface area (Å²) in [5.41, 5.74) is -5.31. The summed E-state index contributed by atoms with van der Waals surface area (Å²) in [7, 11) is 2.50. The lowest BCUT2D eigenvalue weighted by Crippen LogP contribution is -2.41. The van der Waals surface area contributed by atoms with Crippen LogP contribution in [-0.4, -0.2) is 32.4 Å². The van der Waals surface area contributed by atoms with E-state index in [1.165, 1.54) is 0 Å². The molecule has 0 saturated heterocycles. The minimum absolute atomic E-state index is 0.0725. The van der Waals surface area contributed by atoms with Gasteiger partial charge in [0.25, 0.3) is 11.5 Å². The van der Waals surface area contributed by atoms with E-state index in [0.717, 1.165) is 25.2 Å². The first-order chi connectivity index (χ1) is 13.8. The lowest BCUT2D eigenvalue weighted by atomic mass is 10.1. The van der Waals surface area contributed by atoms with Crippen molar-refractivity contribution in [2.45, 2.75) is 26.1 Å². The Bertz CT molecular complexity index is 1100. The number of benzene rings is 1. The molecule has 2 aromatic rings. The highest BCUT2D eigenvalue weighted by Crippen LogP contribution is 2.27. The Morgan fingerprint density at radius 2 is 1.83 bits per heavy atom. The van der Waals surface area contributed by atoms with Crippen LogP contribution in [-0.2, 0) is 13.2 Å². The van der Waals surface area contributed by atoms with Crippen molar-refractivity contribution >= 4 is 29.6 Å². The largest absolute Gasteiger partial charge is 0.431 e. The minimum atomic E-state index is -4.96. The number of halogens is 5. The van der Waals surface area contributed by atoms with Gasteiger partial charge in [-0.1, -0.05) is 11.6 Å². The molecule has 7 nitrogen and oxygen atoms in total. The van der Waals surface area contributed by atoms with Crippen molar-refractivity contribution < 1.29 is 22.4 Å². The van der Waals surface area contributed by atoms with Gasteiger partial charge in [-0.05, 0) is 33.0 Å². The summed E-state index contributed by atoms with van der Waals surface area (Å²) in [4.78, 5) is 37.0. The molecule has 0 aliphatic rings. The standard InChI is InChI=1S/C17H17ClF4N4O3S/c1-8(2)25(4)30-23-15(28)9-5-12(11(19)6-10(9)18)26-14(27)7-13(17(20,21)22)24(3)16(26)29/h5-8H,1-4H3,(H,23,28). The fourth-order valence-electron chi connectivity index (χ4n) is 2.28. The predicted octanol–water partition coefficient (Wildman–Crippen LogP) is 2.98. The molecule has 0 atom stereocenters. The number of amides is 1. The highest BCUT2D eigenvalue weighted by Gasteiger charge is 2.35. The van der Waals surface area contributed by atoms with Crippen molar-refractivity contribution in [3.63, 3.8) is 0 Å². The molecule has 0 bridgehead atoms. The van der Waals surface area contributed by atoms with Gasteiger partial charge in [-0.2, -0.15) is 13.2 Å². The van der Waals surface area contributed by atoms with Gasteiger partial charge >= 0.3 is 11.9 Å². The van der Waals surface area contributed by atoms with Crippen LogP contribution in [0, 0.1) is 5.82 Å². The molecule has 0 fully saturated rings. The molecular weight excluding hydrogens is 452 g/mol. The molecule has 164 valence electrons. The van der Waals surface area contributed by atoms with Crippen LogP contribution in [0.1, 0.15) is 29.9 Å². The van der Waals surface area contributed by atoms with Crippen LogP contribution >= 0.6 is 23.7 Å². The molecule has 2 rings (SSSR count). The Kier molecular flexibility index (Phi) is 7.05. The molecule has 1 aromatic heterocycles. The normalized spacial score (nSPS) is 12.0. The average Bonchev–Trinajstić information content (AvgIpc) is 2.62. The van der Waals surface area contributed by atoms with E-state index in [4.69, 9.17) is 11.6 Å². The first-order valence-corrected chi connectivity index (χ1v) is 9.50. The molecule has 0 radical (unpaired) electrons. The Balaban J connectivity index is 2.59. The maximum atomic E-state index is 14.5. The zero-order chi connectivity index (χ0) is 23.0. The molecule has 0 aliphatic carbocycles. The summed E-state index contributed by atoms with van der Waals surface area (Å²) in [6.07, 6.45) is -4.96. The number of aromatic nitrogens is 2. The van der Waals surface area contributed by atoms with E-state index in [0.29, 0.717) is 6.07 Å². The second-order valence-corrected chi connectivity index (χ2v) is 7.86. The van der Waals surface area contributed by atoms with Crippen LogP contribution in [0.5, 0.6) is 0 Å². The van der Waals surface area contributed by atoms with E-state index in [2.05, 4.69) is 4.72 Å². The number of carbonyl (C=O) groups excluding carboxylic acids is 1. The fraction of sp³-hybridized carbons (Fsp3) is 0.353. The number of hydrogen-bond acceptors (Lipinski definition) is 5. The number of hydrogen-bond donors (Lipinski definition) is 1. The number of carbonyl (C=O) groups is 1. The summed E-state index contributed by atoms with van der Waals surface area (Å²) >= 11 is 6.85. The summed E-state index contributed by atoms with van der Waals surface area (Å²) in [5, 5.41) is -0.307. The van der Waals surface area contributed by atoms with E-state index >= 15 is 0 Å². The average molecular weight is 469 g/mol. The molecule has 0 spiro atoms. The van der Waals surface area contributed by atoms with Crippen LogP contribution in [0.4, 0.5) is 17.6 Å². The van der Waals surface area contributed by atoms with Gasteiger partial charge in [-0.3, -0.25) is 18.9 Å². The van der Waals surface area contributed by atoms with Crippen LogP contribution in [0.25, 0.3) is 5.69 Å². The summed E-state index contributed by atoms with van der Waals surface area (Å²) < 4.78 is 58.0. The zero-order valence-electron chi connectivity index (χ0n) is 16.2. The minimum Gasteiger partial charge on any atom is -0.292 e. The van der Waals surface area contributed by atoms with Crippen LogP contribution in [0.3, 0.4) is 0 Å². The van der Waals surface area contributed by atoms with E-state index < -0.39 is 40.5 Å². The Labute approximate surface area is 177 Å². The van der Waals surface area contributed by atoms with E-state index in [1.54, 1.807) is 11.4 Å². The third-order valence-corrected chi connectivity index (χ3v) is 5.44. The molecular formula is C17H17ClF4N4O3S. The number of alkyl halides is 3. The third-order valence-electron chi connectivity index (χ3n) is 4.14. The van der Waals surface area contributed by atoms with Gasteiger partial charge in [-0.25, -0.2) is 18.1 Å². The summed E-state index contributed by atoms with van der Waals surface area (Å²) in [5.74, 6) is -1.92. The van der Waals surface area contributed by atoms with Gasteiger partial charge in [-0.15, -0.1) is 0 Å². The summed E-state index contributed by atoms with van der Waals surface area (Å²) in [6, 6.07) is 1.77. The van der Waals surface area contributed by atoms with Crippen molar-refractivity contribution in [2.24, 2.45) is 7.05 Å². The maximum Gasteiger partial charge on any atom is 0.431 e. The highest BCUT2D eigenvalue weighted by atomic mass is 35.5. The Morgan fingerprint density at radius 3 is 2.37 bits per heavy atom. The first-order valence-electron chi connectivity index (χ1n) is 8.35. The van der Waals surface area contributed by atoms with Gasteiger partial charge in [0.15, 0.2) is 0 Å². The molecule has 1 N–H and O–H groups in total. The van der Waals surface area contributed by atoms with Gasteiger partial charge in [0.1, 0.15) is 11.5 Å². The van der Waals surface area contributed by atoms with Crippen LogP contribution in [0.2, 0.25) is 5.02 Å². The lowest BCUT2D eigenvalue weighted by molar-refractivity contribution is -0.144. The van der Waals surface area contributed by atoms with Gasteiger partial charge < -0.3 is 0 Å².